The Morgan fingerprint density at radius 1 is 0.958 bits per heavy atom. The van der Waals surface area contributed by atoms with E-state index in [-0.39, 0.29) is 17.8 Å². The first kappa shape index (κ1) is 15.9. The van der Waals surface area contributed by atoms with Gasteiger partial charge in [0.2, 0.25) is 0 Å². The third-order valence-corrected chi connectivity index (χ3v) is 3.86. The number of hydrogen-bond acceptors (Lipinski definition) is 5. The molecule has 0 fully saturated rings. The van der Waals surface area contributed by atoms with Gasteiger partial charge in [-0.2, -0.15) is 9.67 Å². The van der Waals surface area contributed by atoms with Gasteiger partial charge in [0.15, 0.2) is 5.16 Å². The number of thioether (sulfide) groups is 1. The zero-order valence-electron chi connectivity index (χ0n) is 12.8. The molecule has 0 aliphatic carbocycles. The van der Waals surface area contributed by atoms with E-state index in [4.69, 9.17) is 0 Å². The van der Waals surface area contributed by atoms with Crippen molar-refractivity contribution in [3.63, 3.8) is 0 Å². The number of aromatic nitrogens is 3. The van der Waals surface area contributed by atoms with E-state index in [1.807, 2.05) is 12.1 Å². The van der Waals surface area contributed by atoms with Crippen molar-refractivity contribution in [3.8, 4) is 0 Å². The van der Waals surface area contributed by atoms with Gasteiger partial charge in [0.25, 0.3) is 17.8 Å². The van der Waals surface area contributed by atoms with E-state index in [1.54, 1.807) is 54.8 Å². The van der Waals surface area contributed by atoms with Crippen molar-refractivity contribution in [3.05, 3.63) is 71.8 Å². The number of carbonyl (C=O) groups excluding carboxylic acids is 2. The van der Waals surface area contributed by atoms with Crippen LogP contribution in [0.15, 0.2) is 65.8 Å². The van der Waals surface area contributed by atoms with Crippen LogP contribution in [0.4, 0.5) is 5.95 Å². The van der Waals surface area contributed by atoms with Crippen LogP contribution in [0.5, 0.6) is 0 Å². The zero-order valence-corrected chi connectivity index (χ0v) is 13.7. The van der Waals surface area contributed by atoms with E-state index in [9.17, 15) is 9.59 Å². The summed E-state index contributed by atoms with van der Waals surface area (Å²) < 4.78 is 1.20. The summed E-state index contributed by atoms with van der Waals surface area (Å²) in [5.41, 5.74) is 0.993. The van der Waals surface area contributed by atoms with E-state index in [0.717, 1.165) is 0 Å². The van der Waals surface area contributed by atoms with E-state index in [0.29, 0.717) is 16.3 Å². The van der Waals surface area contributed by atoms with Crippen LogP contribution in [0.25, 0.3) is 0 Å². The normalized spacial score (nSPS) is 10.4. The molecule has 24 heavy (non-hydrogen) atoms. The predicted octanol–water partition coefficient (Wildman–Crippen LogP) is 2.94. The minimum atomic E-state index is -0.326. The molecule has 0 aliphatic heterocycles. The van der Waals surface area contributed by atoms with Gasteiger partial charge >= 0.3 is 0 Å². The van der Waals surface area contributed by atoms with Crippen molar-refractivity contribution in [1.82, 2.24) is 14.8 Å². The van der Waals surface area contributed by atoms with Crippen LogP contribution in [0, 0.1) is 0 Å². The van der Waals surface area contributed by atoms with Crippen molar-refractivity contribution in [2.75, 3.05) is 11.6 Å². The molecule has 0 spiro atoms. The standard InChI is InChI=1S/C17H14N4O2S/c1-24-17-19-16(18-14(22)12-8-4-2-5-9-12)20-21(17)15(23)13-10-6-3-7-11-13/h2-11H,1H3,(H,18,20,22). The lowest BCUT2D eigenvalue weighted by molar-refractivity contribution is 0.0932. The summed E-state index contributed by atoms with van der Waals surface area (Å²) in [5, 5.41) is 7.15. The van der Waals surface area contributed by atoms with Crippen LogP contribution in [-0.2, 0) is 0 Å². The van der Waals surface area contributed by atoms with Gasteiger partial charge in [-0.1, -0.05) is 48.2 Å². The molecule has 0 unspecified atom stereocenters. The van der Waals surface area contributed by atoms with Gasteiger partial charge in [-0.3, -0.25) is 14.9 Å². The highest BCUT2D eigenvalue weighted by Gasteiger charge is 2.18. The fraction of sp³-hybridized carbons (Fsp3) is 0.0588. The lowest BCUT2D eigenvalue weighted by atomic mass is 10.2. The van der Waals surface area contributed by atoms with Gasteiger partial charge in [-0.05, 0) is 30.5 Å². The van der Waals surface area contributed by atoms with Crippen LogP contribution in [-0.4, -0.2) is 32.8 Å². The SMILES string of the molecule is CSc1nc(NC(=O)c2ccccc2)nn1C(=O)c1ccccc1. The molecule has 0 bridgehead atoms. The summed E-state index contributed by atoms with van der Waals surface area (Å²) >= 11 is 1.28. The maximum absolute atomic E-state index is 12.5. The number of rotatable bonds is 4. The Morgan fingerprint density at radius 2 is 1.54 bits per heavy atom. The molecule has 1 heterocycles. The third-order valence-electron chi connectivity index (χ3n) is 3.23. The Balaban J connectivity index is 1.85. The van der Waals surface area contributed by atoms with Crippen LogP contribution in [0.3, 0.4) is 0 Å². The molecule has 0 saturated carbocycles. The highest BCUT2D eigenvalue weighted by molar-refractivity contribution is 7.98. The van der Waals surface area contributed by atoms with Crippen molar-refractivity contribution in [2.45, 2.75) is 5.16 Å². The van der Waals surface area contributed by atoms with E-state index in [1.165, 1.54) is 16.4 Å². The topological polar surface area (TPSA) is 76.9 Å². The molecule has 3 aromatic rings. The molecule has 1 aromatic heterocycles. The van der Waals surface area contributed by atoms with Crippen LogP contribution >= 0.6 is 11.8 Å². The van der Waals surface area contributed by atoms with E-state index < -0.39 is 0 Å². The second-order valence-corrected chi connectivity index (χ2v) is 5.60. The molecule has 120 valence electrons. The first-order valence-corrected chi connectivity index (χ1v) is 8.38. The molecular weight excluding hydrogens is 324 g/mol. The second-order valence-electron chi connectivity index (χ2n) is 4.83. The zero-order chi connectivity index (χ0) is 16.9. The molecule has 0 atom stereocenters. The Labute approximate surface area is 142 Å². The highest BCUT2D eigenvalue weighted by atomic mass is 32.2. The fourth-order valence-electron chi connectivity index (χ4n) is 2.08. The molecule has 7 heteroatoms. The Hall–Kier alpha value is -2.93. The molecular formula is C17H14N4O2S. The van der Waals surface area contributed by atoms with Crippen LogP contribution in [0.2, 0.25) is 0 Å². The molecule has 1 N–H and O–H groups in total. The van der Waals surface area contributed by atoms with Crippen molar-refractivity contribution in [1.29, 1.82) is 0 Å². The third kappa shape index (κ3) is 3.36. The lowest BCUT2D eigenvalue weighted by Gasteiger charge is -2.02. The maximum atomic E-state index is 12.5. The van der Waals surface area contributed by atoms with E-state index in [2.05, 4.69) is 15.4 Å². The van der Waals surface area contributed by atoms with Crippen molar-refractivity contribution >= 4 is 29.5 Å². The Bertz CT molecular complexity index is 863. The summed E-state index contributed by atoms with van der Waals surface area (Å²) in [4.78, 5) is 28.9. The lowest BCUT2D eigenvalue weighted by Crippen LogP contribution is -2.16. The monoisotopic (exact) mass is 338 g/mol. The predicted molar refractivity (Wildman–Crippen MR) is 92.4 cm³/mol. The van der Waals surface area contributed by atoms with E-state index >= 15 is 0 Å². The fourth-order valence-corrected chi connectivity index (χ4v) is 2.56. The number of amides is 1. The number of hydrogen-bond donors (Lipinski definition) is 1. The smallest absolute Gasteiger partial charge is 0.280 e. The number of anilines is 1. The average Bonchev–Trinajstić information content (AvgIpc) is 3.05. The largest absolute Gasteiger partial charge is 0.289 e. The van der Waals surface area contributed by atoms with Gasteiger partial charge in [-0.25, -0.2) is 0 Å². The number of nitrogens with zero attached hydrogens (tertiary/aromatic N) is 3. The number of nitrogens with one attached hydrogen (secondary N) is 1. The first-order chi connectivity index (χ1) is 11.7. The van der Waals surface area contributed by atoms with Gasteiger partial charge in [0, 0.05) is 11.1 Å². The molecule has 1 amide bonds. The maximum Gasteiger partial charge on any atom is 0.280 e. The molecule has 0 radical (unpaired) electrons. The molecule has 0 saturated heterocycles. The summed E-state index contributed by atoms with van der Waals surface area (Å²) in [6.07, 6.45) is 1.79. The number of carbonyl (C=O) groups is 2. The summed E-state index contributed by atoms with van der Waals surface area (Å²) in [7, 11) is 0. The Kier molecular flexibility index (Phi) is 4.72. The molecule has 3 rings (SSSR count). The molecule has 2 aromatic carbocycles. The summed E-state index contributed by atoms with van der Waals surface area (Å²) in [6.45, 7) is 0. The minimum Gasteiger partial charge on any atom is -0.289 e. The Morgan fingerprint density at radius 3 is 2.12 bits per heavy atom. The minimum absolute atomic E-state index is 0.0949. The van der Waals surface area contributed by atoms with Crippen molar-refractivity contribution < 1.29 is 9.59 Å². The van der Waals surface area contributed by atoms with Gasteiger partial charge < -0.3 is 0 Å². The van der Waals surface area contributed by atoms with Crippen LogP contribution < -0.4 is 5.32 Å². The van der Waals surface area contributed by atoms with Gasteiger partial charge in [-0.15, -0.1) is 5.10 Å². The summed E-state index contributed by atoms with van der Waals surface area (Å²) in [6, 6.07) is 17.6. The highest BCUT2D eigenvalue weighted by Crippen LogP contribution is 2.17. The van der Waals surface area contributed by atoms with Gasteiger partial charge in [0.1, 0.15) is 0 Å². The molecule has 6 nitrogen and oxygen atoms in total. The van der Waals surface area contributed by atoms with Gasteiger partial charge in [0.05, 0.1) is 0 Å². The van der Waals surface area contributed by atoms with Crippen molar-refractivity contribution in [2.24, 2.45) is 0 Å². The quantitative estimate of drug-likeness (QED) is 0.740. The molecule has 0 aliphatic rings. The second kappa shape index (κ2) is 7.10. The average molecular weight is 338 g/mol. The number of benzene rings is 2. The van der Waals surface area contributed by atoms with Crippen LogP contribution in [0.1, 0.15) is 20.7 Å². The summed E-state index contributed by atoms with van der Waals surface area (Å²) in [5.74, 6) is -0.530. The first-order valence-electron chi connectivity index (χ1n) is 7.16.